The summed E-state index contributed by atoms with van der Waals surface area (Å²) in [6, 6.07) is 5.44. The Morgan fingerprint density at radius 1 is 1.35 bits per heavy atom. The predicted octanol–water partition coefficient (Wildman–Crippen LogP) is 1.07. The van der Waals surface area contributed by atoms with Gasteiger partial charge in [0, 0.05) is 31.5 Å². The number of pyridine rings is 1. The molecule has 0 aromatic carbocycles. The number of H-pyrrole nitrogens is 1. The lowest BCUT2D eigenvalue weighted by molar-refractivity contribution is 0.661. The quantitative estimate of drug-likeness (QED) is 0.657. The fraction of sp³-hybridized carbons (Fsp3) is 0.357. The Bertz CT molecular complexity index is 582. The third kappa shape index (κ3) is 4.81. The van der Waals surface area contributed by atoms with Gasteiger partial charge in [0.25, 0.3) is 5.56 Å². The summed E-state index contributed by atoms with van der Waals surface area (Å²) in [4.78, 5) is 22.1. The molecule has 20 heavy (non-hydrogen) atoms. The van der Waals surface area contributed by atoms with Gasteiger partial charge in [0.2, 0.25) is 0 Å². The average Bonchev–Trinajstić information content (AvgIpc) is 2.43. The van der Waals surface area contributed by atoms with Gasteiger partial charge in [0.05, 0.1) is 0 Å². The summed E-state index contributed by atoms with van der Waals surface area (Å²) in [6.45, 7) is 4.25. The smallest absolute Gasteiger partial charge is 0.252 e. The van der Waals surface area contributed by atoms with Crippen LogP contribution in [0.5, 0.6) is 0 Å². The van der Waals surface area contributed by atoms with E-state index in [1.165, 1.54) is 11.6 Å². The van der Waals surface area contributed by atoms with Gasteiger partial charge in [0.1, 0.15) is 11.6 Å². The molecule has 0 aliphatic carbocycles. The summed E-state index contributed by atoms with van der Waals surface area (Å²) in [5.41, 5.74) is 1.04. The maximum atomic E-state index is 11.2. The molecule has 2 rings (SSSR count). The first-order valence-electron chi connectivity index (χ1n) is 6.65. The van der Waals surface area contributed by atoms with Crippen LogP contribution < -0.4 is 16.2 Å². The van der Waals surface area contributed by atoms with Crippen LogP contribution in [0.3, 0.4) is 0 Å². The SMILES string of the molecule is Cc1nc(NCCCNCc2cccnc2)cc(=O)[nH]1. The van der Waals surface area contributed by atoms with Crippen LogP contribution in [0.2, 0.25) is 0 Å². The van der Waals surface area contributed by atoms with E-state index in [9.17, 15) is 4.79 Å². The van der Waals surface area contributed by atoms with E-state index in [4.69, 9.17) is 0 Å². The Hall–Kier alpha value is -2.21. The average molecular weight is 273 g/mol. The lowest BCUT2D eigenvalue weighted by Gasteiger charge is -2.07. The first kappa shape index (κ1) is 14.2. The molecule has 6 nitrogen and oxygen atoms in total. The van der Waals surface area contributed by atoms with Crippen molar-refractivity contribution in [2.75, 3.05) is 18.4 Å². The first-order valence-corrected chi connectivity index (χ1v) is 6.65. The molecule has 6 heteroatoms. The van der Waals surface area contributed by atoms with Crippen molar-refractivity contribution < 1.29 is 0 Å². The van der Waals surface area contributed by atoms with Crippen LogP contribution in [0, 0.1) is 6.92 Å². The van der Waals surface area contributed by atoms with E-state index in [2.05, 4.69) is 25.6 Å². The van der Waals surface area contributed by atoms with Gasteiger partial charge < -0.3 is 15.6 Å². The molecule has 0 bridgehead atoms. The van der Waals surface area contributed by atoms with Crippen molar-refractivity contribution in [3.8, 4) is 0 Å². The van der Waals surface area contributed by atoms with Crippen molar-refractivity contribution in [1.29, 1.82) is 0 Å². The Labute approximate surface area is 117 Å². The molecule has 0 fully saturated rings. The number of anilines is 1. The largest absolute Gasteiger partial charge is 0.370 e. The van der Waals surface area contributed by atoms with E-state index >= 15 is 0 Å². The van der Waals surface area contributed by atoms with Crippen LogP contribution in [0.15, 0.2) is 35.4 Å². The summed E-state index contributed by atoms with van der Waals surface area (Å²) in [6.07, 6.45) is 4.58. The molecule has 106 valence electrons. The van der Waals surface area contributed by atoms with Crippen molar-refractivity contribution in [3.63, 3.8) is 0 Å². The number of nitrogens with one attached hydrogen (secondary N) is 3. The highest BCUT2D eigenvalue weighted by Crippen LogP contribution is 1.98. The van der Waals surface area contributed by atoms with E-state index in [1.54, 1.807) is 13.1 Å². The second-order valence-corrected chi connectivity index (χ2v) is 4.53. The minimum atomic E-state index is -0.130. The lowest BCUT2D eigenvalue weighted by Crippen LogP contribution is -2.18. The second-order valence-electron chi connectivity index (χ2n) is 4.53. The number of aryl methyl sites for hydroxylation is 1. The molecule has 0 radical (unpaired) electrons. The van der Waals surface area contributed by atoms with E-state index in [0.717, 1.165) is 26.1 Å². The molecular formula is C14H19N5O. The molecule has 3 N–H and O–H groups in total. The van der Waals surface area contributed by atoms with Gasteiger partial charge in [-0.15, -0.1) is 0 Å². The summed E-state index contributed by atoms with van der Waals surface area (Å²) < 4.78 is 0. The molecular weight excluding hydrogens is 254 g/mol. The third-order valence-corrected chi connectivity index (χ3v) is 2.75. The van der Waals surface area contributed by atoms with Gasteiger partial charge in [-0.3, -0.25) is 9.78 Å². The van der Waals surface area contributed by atoms with Crippen molar-refractivity contribution in [2.45, 2.75) is 19.9 Å². The van der Waals surface area contributed by atoms with Crippen LogP contribution in [-0.2, 0) is 6.54 Å². The summed E-state index contributed by atoms with van der Waals surface area (Å²) >= 11 is 0. The summed E-state index contributed by atoms with van der Waals surface area (Å²) in [7, 11) is 0. The fourth-order valence-electron chi connectivity index (χ4n) is 1.84. The van der Waals surface area contributed by atoms with E-state index in [-0.39, 0.29) is 5.56 Å². The maximum absolute atomic E-state index is 11.2. The standard InChI is InChI=1S/C14H19N5O/c1-11-18-13(8-14(20)19-11)17-7-3-6-16-10-12-4-2-5-15-9-12/h2,4-5,8-9,16H,3,6-7,10H2,1H3,(H2,17,18,19,20). The third-order valence-electron chi connectivity index (χ3n) is 2.75. The highest BCUT2D eigenvalue weighted by Gasteiger charge is 1.97. The van der Waals surface area contributed by atoms with Crippen molar-refractivity contribution in [3.05, 3.63) is 52.3 Å². The molecule has 0 saturated carbocycles. The molecule has 0 amide bonds. The highest BCUT2D eigenvalue weighted by molar-refractivity contribution is 5.32. The monoisotopic (exact) mass is 273 g/mol. The minimum Gasteiger partial charge on any atom is -0.370 e. The van der Waals surface area contributed by atoms with Gasteiger partial charge in [-0.2, -0.15) is 0 Å². The molecule has 2 aromatic heterocycles. The fourth-order valence-corrected chi connectivity index (χ4v) is 1.84. The van der Waals surface area contributed by atoms with Crippen molar-refractivity contribution in [2.24, 2.45) is 0 Å². The zero-order valence-electron chi connectivity index (χ0n) is 11.5. The molecule has 2 aromatic rings. The Kier molecular flexibility index (Phi) is 5.25. The zero-order valence-corrected chi connectivity index (χ0v) is 11.5. The van der Waals surface area contributed by atoms with Crippen molar-refractivity contribution in [1.82, 2.24) is 20.3 Å². The molecule has 0 saturated heterocycles. The molecule has 0 aliphatic rings. The number of aromatic nitrogens is 3. The highest BCUT2D eigenvalue weighted by atomic mass is 16.1. The molecule has 2 heterocycles. The Morgan fingerprint density at radius 3 is 3.00 bits per heavy atom. The summed E-state index contributed by atoms with van der Waals surface area (Å²) in [5, 5.41) is 6.48. The summed E-state index contributed by atoms with van der Waals surface area (Å²) in [5.74, 6) is 1.24. The topological polar surface area (TPSA) is 82.7 Å². The predicted molar refractivity (Wildman–Crippen MR) is 78.6 cm³/mol. The van der Waals surface area contributed by atoms with E-state index in [0.29, 0.717) is 11.6 Å². The molecule has 0 unspecified atom stereocenters. The number of hydrogen-bond donors (Lipinski definition) is 3. The minimum absolute atomic E-state index is 0.130. The molecule has 0 atom stereocenters. The van der Waals surface area contributed by atoms with Crippen LogP contribution in [0.1, 0.15) is 17.8 Å². The van der Waals surface area contributed by atoms with E-state index < -0.39 is 0 Å². The zero-order chi connectivity index (χ0) is 14.2. The number of aromatic amines is 1. The normalized spacial score (nSPS) is 10.4. The number of rotatable bonds is 7. The molecule has 0 spiro atoms. The molecule has 0 aliphatic heterocycles. The van der Waals surface area contributed by atoms with Crippen molar-refractivity contribution >= 4 is 5.82 Å². The van der Waals surface area contributed by atoms with Crippen LogP contribution >= 0.6 is 0 Å². The van der Waals surface area contributed by atoms with Gasteiger partial charge in [-0.25, -0.2) is 4.98 Å². The van der Waals surface area contributed by atoms with Gasteiger partial charge in [0.15, 0.2) is 0 Å². The van der Waals surface area contributed by atoms with Crippen LogP contribution in [0.25, 0.3) is 0 Å². The first-order chi connectivity index (χ1) is 9.74. The van der Waals surface area contributed by atoms with Crippen LogP contribution in [0.4, 0.5) is 5.82 Å². The Balaban J connectivity index is 1.63. The van der Waals surface area contributed by atoms with Crippen LogP contribution in [-0.4, -0.2) is 28.0 Å². The lowest BCUT2D eigenvalue weighted by atomic mass is 10.3. The number of hydrogen-bond acceptors (Lipinski definition) is 5. The van der Waals surface area contributed by atoms with E-state index in [1.807, 2.05) is 18.3 Å². The Morgan fingerprint density at radius 2 is 2.25 bits per heavy atom. The van der Waals surface area contributed by atoms with Gasteiger partial charge in [-0.1, -0.05) is 6.07 Å². The number of nitrogens with zero attached hydrogens (tertiary/aromatic N) is 2. The maximum Gasteiger partial charge on any atom is 0.252 e. The van der Waals surface area contributed by atoms with Gasteiger partial charge in [-0.05, 0) is 31.5 Å². The second kappa shape index (κ2) is 7.40. The van der Waals surface area contributed by atoms with Gasteiger partial charge >= 0.3 is 0 Å².